The molecular weight excluding hydrogens is 324 g/mol. The van der Waals surface area contributed by atoms with Gasteiger partial charge in [-0.2, -0.15) is 0 Å². The van der Waals surface area contributed by atoms with Crippen LogP contribution < -0.4 is 10.6 Å². The minimum Gasteiger partial charge on any atom is -0.481 e. The molecule has 1 saturated carbocycles. The van der Waals surface area contributed by atoms with E-state index in [1.165, 1.54) is 0 Å². The van der Waals surface area contributed by atoms with Crippen molar-refractivity contribution < 1.29 is 24.2 Å². The summed E-state index contributed by atoms with van der Waals surface area (Å²) in [7, 11) is 0. The van der Waals surface area contributed by atoms with Gasteiger partial charge >= 0.3 is 12.1 Å². The zero-order valence-corrected chi connectivity index (χ0v) is 15.9. The molecule has 0 aliphatic heterocycles. The highest BCUT2D eigenvalue weighted by molar-refractivity contribution is 5.85. The van der Waals surface area contributed by atoms with E-state index < -0.39 is 23.7 Å². The molecule has 0 spiro atoms. The van der Waals surface area contributed by atoms with Gasteiger partial charge in [-0.1, -0.05) is 13.8 Å². The van der Waals surface area contributed by atoms with Crippen molar-refractivity contribution in [2.45, 2.75) is 71.9 Å². The molecule has 1 aliphatic rings. The van der Waals surface area contributed by atoms with Crippen molar-refractivity contribution >= 4 is 18.0 Å². The molecule has 7 heteroatoms. The van der Waals surface area contributed by atoms with Crippen LogP contribution in [0.25, 0.3) is 0 Å². The van der Waals surface area contributed by atoms with Crippen LogP contribution in [0.5, 0.6) is 0 Å². The molecule has 0 unspecified atom stereocenters. The molecule has 1 rings (SSSR count). The molecule has 0 aromatic heterocycles. The van der Waals surface area contributed by atoms with Crippen molar-refractivity contribution in [1.29, 1.82) is 0 Å². The number of hydrogen-bond acceptors (Lipinski definition) is 4. The van der Waals surface area contributed by atoms with E-state index in [4.69, 9.17) is 9.84 Å². The molecule has 2 amide bonds. The topological polar surface area (TPSA) is 105 Å². The van der Waals surface area contributed by atoms with Crippen LogP contribution in [0.15, 0.2) is 0 Å². The molecule has 1 aliphatic carbocycles. The first-order valence-corrected chi connectivity index (χ1v) is 8.99. The van der Waals surface area contributed by atoms with Gasteiger partial charge in [0.1, 0.15) is 11.6 Å². The average Bonchev–Trinajstić information content (AvgIpc) is 2.48. The van der Waals surface area contributed by atoms with Crippen molar-refractivity contribution in [3.05, 3.63) is 0 Å². The highest BCUT2D eigenvalue weighted by Gasteiger charge is 2.29. The predicted octanol–water partition coefficient (Wildman–Crippen LogP) is 2.54. The molecule has 0 saturated heterocycles. The smallest absolute Gasteiger partial charge is 0.408 e. The predicted molar refractivity (Wildman–Crippen MR) is 94.1 cm³/mol. The second kappa shape index (κ2) is 9.06. The average molecular weight is 356 g/mol. The lowest BCUT2D eigenvalue weighted by molar-refractivity contribution is -0.143. The number of rotatable bonds is 6. The lowest BCUT2D eigenvalue weighted by Crippen LogP contribution is -2.51. The van der Waals surface area contributed by atoms with Crippen LogP contribution in [0.4, 0.5) is 4.79 Å². The zero-order chi connectivity index (χ0) is 19.2. The Hall–Kier alpha value is -1.79. The Bertz CT molecular complexity index is 476. The summed E-state index contributed by atoms with van der Waals surface area (Å²) >= 11 is 0. The summed E-state index contributed by atoms with van der Waals surface area (Å²) in [6.07, 6.45) is 2.29. The summed E-state index contributed by atoms with van der Waals surface area (Å²) in [6.45, 7) is 9.53. The largest absolute Gasteiger partial charge is 0.481 e. The Balaban J connectivity index is 2.46. The maximum absolute atomic E-state index is 12.4. The highest BCUT2D eigenvalue weighted by Crippen LogP contribution is 2.28. The van der Waals surface area contributed by atoms with Gasteiger partial charge in [-0.15, -0.1) is 0 Å². The third kappa shape index (κ3) is 7.75. The molecule has 144 valence electrons. The fraction of sp³-hybridized carbons (Fsp3) is 0.833. The molecule has 7 nitrogen and oxygen atoms in total. The number of carbonyl (C=O) groups excluding carboxylic acids is 2. The summed E-state index contributed by atoms with van der Waals surface area (Å²) in [5, 5.41) is 14.5. The standard InChI is InChI=1S/C18H32N2O5/c1-11(2)14(20-17(24)25-18(3,4)5)15(21)19-10-12-6-8-13(9-7-12)16(22)23/h11-14H,6-10H2,1-5H3,(H,19,21)(H,20,24)(H,22,23)/t12?,13?,14-/m0/s1. The molecule has 25 heavy (non-hydrogen) atoms. The van der Waals surface area contributed by atoms with Crippen LogP contribution in [0.1, 0.15) is 60.3 Å². The van der Waals surface area contributed by atoms with Crippen molar-refractivity contribution in [1.82, 2.24) is 10.6 Å². The lowest BCUT2D eigenvalue weighted by atomic mass is 9.82. The maximum atomic E-state index is 12.4. The van der Waals surface area contributed by atoms with E-state index in [2.05, 4.69) is 10.6 Å². The number of nitrogens with one attached hydrogen (secondary N) is 2. The van der Waals surface area contributed by atoms with Crippen LogP contribution >= 0.6 is 0 Å². The first-order chi connectivity index (χ1) is 11.5. The third-order valence-electron chi connectivity index (χ3n) is 4.38. The van der Waals surface area contributed by atoms with Gasteiger partial charge in [-0.05, 0) is 58.3 Å². The van der Waals surface area contributed by atoms with Gasteiger partial charge in [-0.25, -0.2) is 4.79 Å². The van der Waals surface area contributed by atoms with Crippen LogP contribution in [0, 0.1) is 17.8 Å². The number of carboxylic acids is 1. The van der Waals surface area contributed by atoms with Gasteiger partial charge < -0.3 is 20.5 Å². The first kappa shape index (κ1) is 21.3. The normalized spacial score (nSPS) is 22.2. The number of carbonyl (C=O) groups is 3. The second-order valence-electron chi connectivity index (χ2n) is 8.17. The second-order valence-corrected chi connectivity index (χ2v) is 8.17. The molecule has 0 radical (unpaired) electrons. The summed E-state index contributed by atoms with van der Waals surface area (Å²) in [6, 6.07) is -0.662. The molecule has 0 heterocycles. The van der Waals surface area contributed by atoms with E-state index in [0.717, 1.165) is 12.8 Å². The Morgan fingerprint density at radius 3 is 2.12 bits per heavy atom. The number of aliphatic carboxylic acids is 1. The SMILES string of the molecule is CC(C)[C@H](NC(=O)OC(C)(C)C)C(=O)NCC1CCC(C(=O)O)CC1. The summed E-state index contributed by atoms with van der Waals surface area (Å²) in [4.78, 5) is 35.3. The van der Waals surface area contributed by atoms with Gasteiger partial charge in [0.2, 0.25) is 5.91 Å². The third-order valence-corrected chi connectivity index (χ3v) is 4.38. The Morgan fingerprint density at radius 2 is 1.68 bits per heavy atom. The quantitative estimate of drug-likeness (QED) is 0.678. The van der Waals surface area contributed by atoms with Crippen LogP contribution in [0.2, 0.25) is 0 Å². The Kier molecular flexibility index (Phi) is 7.70. The molecule has 0 aromatic rings. The van der Waals surface area contributed by atoms with Crippen molar-refractivity contribution in [3.63, 3.8) is 0 Å². The van der Waals surface area contributed by atoms with E-state index in [1.807, 2.05) is 13.8 Å². The van der Waals surface area contributed by atoms with E-state index in [9.17, 15) is 14.4 Å². The monoisotopic (exact) mass is 356 g/mol. The molecule has 1 fully saturated rings. The zero-order valence-electron chi connectivity index (χ0n) is 15.9. The van der Waals surface area contributed by atoms with Crippen LogP contribution in [0.3, 0.4) is 0 Å². The van der Waals surface area contributed by atoms with Crippen molar-refractivity contribution in [3.8, 4) is 0 Å². The van der Waals surface area contributed by atoms with Gasteiger partial charge in [0.15, 0.2) is 0 Å². The number of carboxylic acid groups (broad SMARTS) is 1. The lowest BCUT2D eigenvalue weighted by Gasteiger charge is -2.28. The van der Waals surface area contributed by atoms with Gasteiger partial charge in [0.05, 0.1) is 5.92 Å². The van der Waals surface area contributed by atoms with Crippen LogP contribution in [-0.4, -0.2) is 41.3 Å². The fourth-order valence-corrected chi connectivity index (χ4v) is 2.94. The number of hydrogen-bond donors (Lipinski definition) is 3. The molecule has 3 N–H and O–H groups in total. The summed E-state index contributed by atoms with van der Waals surface area (Å²) in [5.41, 5.74) is -0.620. The minimum atomic E-state index is -0.732. The highest BCUT2D eigenvalue weighted by atomic mass is 16.6. The minimum absolute atomic E-state index is 0.0738. The van der Waals surface area contributed by atoms with Crippen LogP contribution in [-0.2, 0) is 14.3 Å². The molecule has 0 aromatic carbocycles. The Labute approximate surface area is 149 Å². The van der Waals surface area contributed by atoms with Gasteiger partial charge in [0, 0.05) is 6.54 Å². The van der Waals surface area contributed by atoms with E-state index in [-0.39, 0.29) is 23.7 Å². The van der Waals surface area contributed by atoms with E-state index in [1.54, 1.807) is 20.8 Å². The van der Waals surface area contributed by atoms with Gasteiger partial charge in [-0.3, -0.25) is 9.59 Å². The van der Waals surface area contributed by atoms with E-state index >= 15 is 0 Å². The maximum Gasteiger partial charge on any atom is 0.408 e. The number of ether oxygens (including phenoxy) is 1. The molecule has 1 atom stereocenters. The van der Waals surface area contributed by atoms with E-state index in [0.29, 0.717) is 19.4 Å². The van der Waals surface area contributed by atoms with Gasteiger partial charge in [0.25, 0.3) is 0 Å². The molecular formula is C18H32N2O5. The summed E-state index contributed by atoms with van der Waals surface area (Å²) in [5.74, 6) is -1.02. The first-order valence-electron chi connectivity index (χ1n) is 8.99. The fourth-order valence-electron chi connectivity index (χ4n) is 2.94. The summed E-state index contributed by atoms with van der Waals surface area (Å²) < 4.78 is 5.21. The number of alkyl carbamates (subject to hydrolysis) is 1. The number of amides is 2. The Morgan fingerprint density at radius 1 is 1.12 bits per heavy atom. The molecule has 0 bridgehead atoms. The van der Waals surface area contributed by atoms with Crippen molar-refractivity contribution in [2.24, 2.45) is 17.8 Å². The van der Waals surface area contributed by atoms with Crippen molar-refractivity contribution in [2.75, 3.05) is 6.54 Å².